The van der Waals surface area contributed by atoms with E-state index >= 15 is 0 Å². The van der Waals surface area contributed by atoms with E-state index in [0.717, 1.165) is 12.0 Å². The highest BCUT2D eigenvalue weighted by molar-refractivity contribution is 7.80. The summed E-state index contributed by atoms with van der Waals surface area (Å²) >= 11 is 0. The summed E-state index contributed by atoms with van der Waals surface area (Å²) in [6, 6.07) is -3.18. The number of ether oxygens (including phenoxy) is 2. The van der Waals surface area contributed by atoms with Crippen molar-refractivity contribution in [3.8, 4) is 0 Å². The smallest absolute Gasteiger partial charge is 0.418 e. The molecule has 2 atom stereocenters. The maximum absolute atomic E-state index is 12.4. The molecule has 3 rings (SSSR count). The number of carbonyl (C=O) groups is 3. The number of aromatic nitrogens is 2. The highest BCUT2D eigenvalue weighted by Gasteiger charge is 2.54. The SMILES string of the molecule is CCOC(=O)Cn1cc2c(n1)[C@@H](C(=O)OC)N1C[C@H]2N(OS(=O)(=O)O)C1=O. The summed E-state index contributed by atoms with van der Waals surface area (Å²) in [5.41, 5.74) is 0.387. The monoisotopic (exact) mass is 404 g/mol. The molecule has 27 heavy (non-hydrogen) atoms. The van der Waals surface area contributed by atoms with Gasteiger partial charge in [0.05, 0.1) is 20.3 Å². The molecule has 0 spiro atoms. The molecule has 3 heterocycles. The van der Waals surface area contributed by atoms with E-state index in [1.54, 1.807) is 6.92 Å². The van der Waals surface area contributed by atoms with Gasteiger partial charge in [-0.3, -0.25) is 14.0 Å². The summed E-state index contributed by atoms with van der Waals surface area (Å²) in [5, 5.41) is 4.59. The van der Waals surface area contributed by atoms with Crippen LogP contribution in [-0.2, 0) is 40.3 Å². The largest absolute Gasteiger partial charge is 0.467 e. The van der Waals surface area contributed by atoms with Crippen LogP contribution in [0.4, 0.5) is 4.79 Å². The zero-order valence-electron chi connectivity index (χ0n) is 14.3. The minimum Gasteiger partial charge on any atom is -0.467 e. The first-order valence-corrected chi connectivity index (χ1v) is 9.10. The lowest BCUT2D eigenvalue weighted by atomic mass is 9.98. The van der Waals surface area contributed by atoms with Crippen LogP contribution in [0.15, 0.2) is 6.20 Å². The lowest BCUT2D eigenvalue weighted by molar-refractivity contribution is -0.146. The van der Waals surface area contributed by atoms with Crippen LogP contribution in [-0.4, -0.2) is 70.9 Å². The van der Waals surface area contributed by atoms with Crippen molar-refractivity contribution >= 4 is 28.4 Å². The number of methoxy groups -OCH3 is 1. The number of esters is 2. The molecule has 0 unspecified atom stereocenters. The van der Waals surface area contributed by atoms with E-state index < -0.39 is 40.5 Å². The van der Waals surface area contributed by atoms with Gasteiger partial charge in [-0.25, -0.2) is 9.59 Å². The van der Waals surface area contributed by atoms with E-state index in [9.17, 15) is 22.8 Å². The fraction of sp³-hybridized carbons (Fsp3) is 0.538. The van der Waals surface area contributed by atoms with Crippen molar-refractivity contribution in [1.82, 2.24) is 19.7 Å². The van der Waals surface area contributed by atoms with E-state index in [0.29, 0.717) is 5.06 Å². The van der Waals surface area contributed by atoms with E-state index in [2.05, 4.69) is 9.38 Å². The Morgan fingerprint density at radius 1 is 1.41 bits per heavy atom. The number of fused-ring (bicyclic) bond motifs is 4. The van der Waals surface area contributed by atoms with E-state index in [1.165, 1.54) is 10.9 Å². The number of rotatable bonds is 6. The Hall–Kier alpha value is -2.71. The molecule has 13 nitrogen and oxygen atoms in total. The van der Waals surface area contributed by atoms with Gasteiger partial charge in [0, 0.05) is 11.8 Å². The summed E-state index contributed by atoms with van der Waals surface area (Å²) in [6.07, 6.45) is 1.38. The third kappa shape index (κ3) is 3.45. The fourth-order valence-corrected chi connectivity index (χ4v) is 3.43. The Morgan fingerprint density at radius 3 is 2.70 bits per heavy atom. The van der Waals surface area contributed by atoms with Gasteiger partial charge < -0.3 is 14.4 Å². The van der Waals surface area contributed by atoms with Crippen LogP contribution in [0.1, 0.15) is 30.3 Å². The second-order valence-electron chi connectivity index (χ2n) is 5.68. The van der Waals surface area contributed by atoms with Crippen LogP contribution < -0.4 is 0 Å². The minimum atomic E-state index is -4.98. The number of amides is 2. The van der Waals surface area contributed by atoms with Crippen molar-refractivity contribution in [2.75, 3.05) is 20.3 Å². The van der Waals surface area contributed by atoms with Crippen molar-refractivity contribution in [2.24, 2.45) is 0 Å². The van der Waals surface area contributed by atoms with Crippen molar-refractivity contribution in [3.05, 3.63) is 17.5 Å². The average Bonchev–Trinajstić information content (AvgIpc) is 3.09. The Morgan fingerprint density at radius 2 is 2.11 bits per heavy atom. The third-order valence-electron chi connectivity index (χ3n) is 4.03. The zero-order valence-corrected chi connectivity index (χ0v) is 15.1. The van der Waals surface area contributed by atoms with Crippen LogP contribution in [0, 0.1) is 0 Å². The molecule has 0 aromatic carbocycles. The Bertz CT molecular complexity index is 896. The van der Waals surface area contributed by atoms with E-state index in [1.807, 2.05) is 0 Å². The molecule has 1 aromatic heterocycles. The standard InChI is InChI=1S/C13H16N4O9S/c1-3-25-9(18)6-15-4-7-8-5-16(11(10(7)14-15)12(19)24-2)13(20)17(8)26-27(21,22)23/h4,8,11H,3,5-6H2,1-2H3,(H,21,22,23)/t8-,11+/m1/s1. The van der Waals surface area contributed by atoms with Gasteiger partial charge in [0.1, 0.15) is 18.3 Å². The van der Waals surface area contributed by atoms with Gasteiger partial charge in [-0.05, 0) is 6.92 Å². The van der Waals surface area contributed by atoms with Crippen molar-refractivity contribution in [2.45, 2.75) is 25.6 Å². The molecular formula is C13H16N4O9S. The molecule has 148 valence electrons. The van der Waals surface area contributed by atoms with Crippen molar-refractivity contribution < 1.29 is 41.1 Å². The number of hydroxylamine groups is 2. The highest BCUT2D eigenvalue weighted by Crippen LogP contribution is 2.44. The molecule has 1 N–H and O–H groups in total. The third-order valence-corrected chi connectivity index (χ3v) is 4.38. The molecule has 2 aliphatic heterocycles. The van der Waals surface area contributed by atoms with Crippen LogP contribution in [0.25, 0.3) is 0 Å². The van der Waals surface area contributed by atoms with Gasteiger partial charge >= 0.3 is 28.4 Å². The van der Waals surface area contributed by atoms with Crippen LogP contribution in [0.2, 0.25) is 0 Å². The van der Waals surface area contributed by atoms with Crippen LogP contribution >= 0.6 is 0 Å². The quantitative estimate of drug-likeness (QED) is 0.469. The predicted molar refractivity (Wildman–Crippen MR) is 82.9 cm³/mol. The first kappa shape index (κ1) is 19.1. The molecule has 2 amide bonds. The lowest BCUT2D eigenvalue weighted by Crippen LogP contribution is -2.39. The topological polar surface area (TPSA) is 158 Å². The van der Waals surface area contributed by atoms with E-state index in [-0.39, 0.29) is 31.0 Å². The molecule has 2 bridgehead atoms. The number of nitrogens with zero attached hydrogens (tertiary/aromatic N) is 4. The molecular weight excluding hydrogens is 388 g/mol. The first-order valence-electron chi connectivity index (χ1n) is 7.73. The maximum Gasteiger partial charge on any atom is 0.418 e. The maximum atomic E-state index is 12.4. The normalized spacial score (nSPS) is 21.2. The second-order valence-corrected chi connectivity index (χ2v) is 6.68. The van der Waals surface area contributed by atoms with Gasteiger partial charge in [-0.2, -0.15) is 18.6 Å². The van der Waals surface area contributed by atoms with Crippen LogP contribution in [0.5, 0.6) is 0 Å². The van der Waals surface area contributed by atoms with Crippen molar-refractivity contribution in [3.63, 3.8) is 0 Å². The van der Waals surface area contributed by atoms with Gasteiger partial charge in [-0.1, -0.05) is 0 Å². The summed E-state index contributed by atoms with van der Waals surface area (Å²) in [6.45, 7) is 1.45. The predicted octanol–water partition coefficient (Wildman–Crippen LogP) is -0.813. The first-order chi connectivity index (χ1) is 12.7. The Labute approximate surface area is 153 Å². The molecule has 14 heteroatoms. The molecule has 1 aromatic rings. The summed E-state index contributed by atoms with van der Waals surface area (Å²) in [4.78, 5) is 37.3. The van der Waals surface area contributed by atoms with Crippen molar-refractivity contribution in [1.29, 1.82) is 0 Å². The lowest BCUT2D eigenvalue weighted by Gasteiger charge is -2.27. The molecule has 0 radical (unpaired) electrons. The van der Waals surface area contributed by atoms with Gasteiger partial charge in [0.15, 0.2) is 6.04 Å². The minimum absolute atomic E-state index is 0.105. The fourth-order valence-electron chi connectivity index (χ4n) is 3.06. The molecule has 2 aliphatic rings. The highest BCUT2D eigenvalue weighted by atomic mass is 32.3. The Kier molecular flexibility index (Phi) is 4.79. The van der Waals surface area contributed by atoms with Crippen LogP contribution in [0.3, 0.4) is 0 Å². The zero-order chi connectivity index (χ0) is 19.9. The van der Waals surface area contributed by atoms with Gasteiger partial charge in [-0.15, -0.1) is 4.28 Å². The summed E-state index contributed by atoms with van der Waals surface area (Å²) in [5.74, 6) is -1.38. The Balaban J connectivity index is 2.02. The molecule has 0 saturated carbocycles. The summed E-state index contributed by atoms with van der Waals surface area (Å²) in [7, 11) is -3.86. The van der Waals surface area contributed by atoms with E-state index in [4.69, 9.17) is 14.0 Å². The van der Waals surface area contributed by atoms with Gasteiger partial charge in [0.2, 0.25) is 0 Å². The number of carbonyl (C=O) groups excluding carboxylic acids is 3. The molecule has 1 saturated heterocycles. The second kappa shape index (κ2) is 6.79. The molecule has 1 fully saturated rings. The number of hydrogen-bond acceptors (Lipinski definition) is 9. The van der Waals surface area contributed by atoms with Gasteiger partial charge in [0.25, 0.3) is 0 Å². The number of urea groups is 1. The average molecular weight is 404 g/mol. The molecule has 0 aliphatic carbocycles. The summed E-state index contributed by atoms with van der Waals surface area (Å²) < 4.78 is 46.2. The number of hydrogen-bond donors (Lipinski definition) is 1.